The van der Waals surface area contributed by atoms with Crippen LogP contribution in [0, 0.1) is 0 Å². The lowest BCUT2D eigenvalue weighted by Gasteiger charge is -2.31. The van der Waals surface area contributed by atoms with Crippen LogP contribution in [-0.2, 0) is 19.6 Å². The van der Waals surface area contributed by atoms with E-state index in [1.165, 1.54) is 11.2 Å². The van der Waals surface area contributed by atoms with Gasteiger partial charge in [-0.05, 0) is 18.2 Å². The lowest BCUT2D eigenvalue weighted by Crippen LogP contribution is -2.49. The van der Waals surface area contributed by atoms with E-state index < -0.39 is 22.2 Å². The van der Waals surface area contributed by atoms with Gasteiger partial charge in [-0.15, -0.1) is 0 Å². The number of hydrogen-bond acceptors (Lipinski definition) is 5. The molecule has 1 saturated heterocycles. The molecule has 1 aromatic carbocycles. The van der Waals surface area contributed by atoms with Crippen LogP contribution < -0.4 is 16.0 Å². The van der Waals surface area contributed by atoms with Crippen molar-refractivity contribution in [2.45, 2.75) is 13.0 Å². The smallest absolute Gasteiger partial charge is 0.319 e. The number of benzene rings is 1. The van der Waals surface area contributed by atoms with Gasteiger partial charge in [0.2, 0.25) is 15.9 Å². The number of amides is 3. The molecule has 1 unspecified atom stereocenters. The molecule has 10 heteroatoms. The van der Waals surface area contributed by atoms with E-state index in [-0.39, 0.29) is 19.0 Å². The fourth-order valence-electron chi connectivity index (χ4n) is 2.38. The third kappa shape index (κ3) is 6.33. The molecule has 3 amide bonds. The number of ether oxygens (including phenoxy) is 1. The average molecular weight is 370 g/mol. The van der Waals surface area contributed by atoms with Crippen LogP contribution in [0.25, 0.3) is 0 Å². The van der Waals surface area contributed by atoms with Gasteiger partial charge in [-0.2, -0.15) is 4.31 Å². The summed E-state index contributed by atoms with van der Waals surface area (Å²) < 4.78 is 29.9. The first-order valence-electron chi connectivity index (χ1n) is 7.73. The van der Waals surface area contributed by atoms with Gasteiger partial charge in [-0.25, -0.2) is 13.2 Å². The summed E-state index contributed by atoms with van der Waals surface area (Å²) in [4.78, 5) is 23.0. The first-order valence-corrected chi connectivity index (χ1v) is 9.58. The van der Waals surface area contributed by atoms with E-state index in [1.807, 2.05) is 0 Å². The van der Waals surface area contributed by atoms with E-state index in [4.69, 9.17) is 4.74 Å². The number of carbonyl (C=O) groups is 2. The second kappa shape index (κ2) is 8.28. The maximum absolute atomic E-state index is 12.0. The number of rotatable bonds is 5. The number of carbonyl (C=O) groups excluding carboxylic acids is 2. The van der Waals surface area contributed by atoms with E-state index in [0.29, 0.717) is 24.5 Å². The minimum Gasteiger partial charge on any atom is -0.374 e. The summed E-state index contributed by atoms with van der Waals surface area (Å²) in [5, 5.41) is 7.93. The Labute approximate surface area is 146 Å². The van der Waals surface area contributed by atoms with Crippen molar-refractivity contribution in [3.8, 4) is 0 Å². The predicted octanol–water partition coefficient (Wildman–Crippen LogP) is 0.427. The Morgan fingerprint density at radius 1 is 1.28 bits per heavy atom. The second-order valence-corrected chi connectivity index (χ2v) is 7.69. The van der Waals surface area contributed by atoms with Crippen molar-refractivity contribution in [2.75, 3.05) is 43.1 Å². The fourth-order valence-corrected chi connectivity index (χ4v) is 3.22. The van der Waals surface area contributed by atoms with Crippen LogP contribution in [0.15, 0.2) is 24.3 Å². The molecule has 0 radical (unpaired) electrons. The lowest BCUT2D eigenvalue weighted by molar-refractivity contribution is -0.114. The molecular weight excluding hydrogens is 348 g/mol. The molecule has 0 bridgehead atoms. The molecule has 1 heterocycles. The summed E-state index contributed by atoms with van der Waals surface area (Å²) in [6.07, 6.45) is 0.748. The Kier molecular flexibility index (Phi) is 6.34. The highest BCUT2D eigenvalue weighted by Gasteiger charge is 2.26. The maximum Gasteiger partial charge on any atom is 0.319 e. The molecule has 0 spiro atoms. The van der Waals surface area contributed by atoms with Crippen LogP contribution in [0.1, 0.15) is 6.92 Å². The minimum atomic E-state index is -3.27. The van der Waals surface area contributed by atoms with Crippen molar-refractivity contribution in [1.82, 2.24) is 9.62 Å². The van der Waals surface area contributed by atoms with Crippen molar-refractivity contribution in [2.24, 2.45) is 0 Å². The van der Waals surface area contributed by atoms with Crippen LogP contribution >= 0.6 is 0 Å². The number of urea groups is 1. The van der Waals surface area contributed by atoms with Crippen molar-refractivity contribution in [3.63, 3.8) is 0 Å². The highest BCUT2D eigenvalue weighted by molar-refractivity contribution is 7.88. The number of hydrogen-bond donors (Lipinski definition) is 3. The number of sulfonamides is 1. The van der Waals surface area contributed by atoms with Crippen LogP contribution in [-0.4, -0.2) is 63.3 Å². The number of morpholine rings is 1. The Morgan fingerprint density at radius 3 is 2.60 bits per heavy atom. The van der Waals surface area contributed by atoms with Crippen LogP contribution in [0.3, 0.4) is 0 Å². The van der Waals surface area contributed by atoms with Gasteiger partial charge in [-0.3, -0.25) is 4.79 Å². The molecule has 0 aliphatic carbocycles. The SMILES string of the molecule is CC(=O)Nc1cccc(NC(=O)NCC2CN(S(C)(=O)=O)CCO2)c1. The zero-order valence-electron chi connectivity index (χ0n) is 14.1. The summed E-state index contributed by atoms with van der Waals surface area (Å²) in [5.41, 5.74) is 1.09. The van der Waals surface area contributed by atoms with Crippen molar-refractivity contribution < 1.29 is 22.7 Å². The Morgan fingerprint density at radius 2 is 1.96 bits per heavy atom. The van der Waals surface area contributed by atoms with Crippen LogP contribution in [0.5, 0.6) is 0 Å². The molecule has 2 rings (SSSR count). The van der Waals surface area contributed by atoms with Gasteiger partial charge < -0.3 is 20.7 Å². The summed E-state index contributed by atoms with van der Waals surface area (Å²) in [6, 6.07) is 6.28. The van der Waals surface area contributed by atoms with E-state index in [0.717, 1.165) is 6.26 Å². The normalized spacial score (nSPS) is 18.4. The van der Waals surface area contributed by atoms with Crippen LogP contribution in [0.2, 0.25) is 0 Å². The highest BCUT2D eigenvalue weighted by Crippen LogP contribution is 2.15. The van der Waals surface area contributed by atoms with E-state index in [9.17, 15) is 18.0 Å². The molecule has 1 aliphatic heterocycles. The first kappa shape index (κ1) is 19.2. The largest absolute Gasteiger partial charge is 0.374 e. The fraction of sp³-hybridized carbons (Fsp3) is 0.467. The molecule has 0 saturated carbocycles. The average Bonchev–Trinajstić information content (AvgIpc) is 2.52. The molecule has 1 fully saturated rings. The number of anilines is 2. The molecule has 25 heavy (non-hydrogen) atoms. The van der Waals surface area contributed by atoms with Crippen LogP contribution in [0.4, 0.5) is 16.2 Å². The highest BCUT2D eigenvalue weighted by atomic mass is 32.2. The zero-order valence-corrected chi connectivity index (χ0v) is 14.9. The van der Waals surface area contributed by atoms with Crippen molar-refractivity contribution in [3.05, 3.63) is 24.3 Å². The molecule has 138 valence electrons. The second-order valence-electron chi connectivity index (χ2n) is 5.71. The Balaban J connectivity index is 1.83. The standard InChI is InChI=1S/C15H22N4O5S/c1-11(20)17-12-4-3-5-13(8-12)18-15(21)16-9-14-10-19(6-7-24-14)25(2,22)23/h3-5,8,14H,6-7,9-10H2,1-2H3,(H,17,20)(H2,16,18,21). The number of nitrogens with zero attached hydrogens (tertiary/aromatic N) is 1. The monoisotopic (exact) mass is 370 g/mol. The van der Waals surface area contributed by atoms with Gasteiger partial charge in [-0.1, -0.05) is 6.07 Å². The zero-order chi connectivity index (χ0) is 18.4. The van der Waals surface area contributed by atoms with Gasteiger partial charge in [0.1, 0.15) is 0 Å². The minimum absolute atomic E-state index is 0.184. The topological polar surface area (TPSA) is 117 Å². The predicted molar refractivity (Wildman–Crippen MR) is 93.9 cm³/mol. The molecular formula is C15H22N4O5S. The summed E-state index contributed by atoms with van der Waals surface area (Å²) in [5.74, 6) is -0.202. The van der Waals surface area contributed by atoms with Gasteiger partial charge in [0.15, 0.2) is 0 Å². The molecule has 1 atom stereocenters. The Bertz CT molecular complexity index is 737. The Hall–Kier alpha value is -2.17. The molecule has 3 N–H and O–H groups in total. The lowest BCUT2D eigenvalue weighted by atomic mass is 10.2. The van der Waals surface area contributed by atoms with Gasteiger partial charge in [0.25, 0.3) is 0 Å². The van der Waals surface area contributed by atoms with Gasteiger partial charge in [0, 0.05) is 37.9 Å². The summed E-state index contributed by atoms with van der Waals surface area (Å²) in [6.45, 7) is 2.40. The van der Waals surface area contributed by atoms with E-state index in [1.54, 1.807) is 24.3 Å². The van der Waals surface area contributed by atoms with Crippen molar-refractivity contribution in [1.29, 1.82) is 0 Å². The molecule has 1 aromatic rings. The van der Waals surface area contributed by atoms with Gasteiger partial charge in [0.05, 0.1) is 19.0 Å². The van der Waals surface area contributed by atoms with E-state index >= 15 is 0 Å². The quantitative estimate of drug-likeness (QED) is 0.695. The summed E-state index contributed by atoms with van der Waals surface area (Å²) in [7, 11) is -3.27. The molecule has 0 aromatic heterocycles. The molecule has 1 aliphatic rings. The van der Waals surface area contributed by atoms with Gasteiger partial charge >= 0.3 is 6.03 Å². The summed E-state index contributed by atoms with van der Waals surface area (Å²) >= 11 is 0. The van der Waals surface area contributed by atoms with E-state index in [2.05, 4.69) is 16.0 Å². The van der Waals surface area contributed by atoms with Crippen molar-refractivity contribution >= 4 is 33.3 Å². The number of nitrogens with one attached hydrogen (secondary N) is 3. The molecule has 9 nitrogen and oxygen atoms in total. The maximum atomic E-state index is 12.0. The third-order valence-electron chi connectivity index (χ3n) is 3.50. The third-order valence-corrected chi connectivity index (χ3v) is 4.77. The first-order chi connectivity index (χ1) is 11.7.